The second kappa shape index (κ2) is 15.5. The number of amides is 2. The van der Waals surface area contributed by atoms with Crippen LogP contribution in [0, 0.1) is 5.92 Å². The zero-order valence-electron chi connectivity index (χ0n) is 22.8. The van der Waals surface area contributed by atoms with Crippen LogP contribution in [0.2, 0.25) is 0 Å². The van der Waals surface area contributed by atoms with Crippen LogP contribution in [0.25, 0.3) is 11.1 Å². The fourth-order valence-electron chi connectivity index (χ4n) is 4.41. The van der Waals surface area contributed by atoms with Crippen molar-refractivity contribution in [3.8, 4) is 16.9 Å². The molecule has 2 aromatic rings. The Morgan fingerprint density at radius 2 is 1.62 bits per heavy atom. The summed E-state index contributed by atoms with van der Waals surface area (Å²) in [6.07, 6.45) is 6.62. The molecule has 210 valence electrons. The first-order valence-corrected chi connectivity index (χ1v) is 13.6. The number of nitrogens with zero attached hydrogens (tertiary/aromatic N) is 1. The first-order chi connectivity index (χ1) is 18.9. The van der Waals surface area contributed by atoms with E-state index in [4.69, 9.17) is 15.2 Å². The zero-order chi connectivity index (χ0) is 28.0. The van der Waals surface area contributed by atoms with Crippen molar-refractivity contribution in [1.82, 2.24) is 5.32 Å². The third-order valence-corrected chi connectivity index (χ3v) is 6.68. The molecule has 0 bridgehead atoms. The highest BCUT2D eigenvalue weighted by Crippen LogP contribution is 2.24. The van der Waals surface area contributed by atoms with Gasteiger partial charge in [-0.1, -0.05) is 75.4 Å². The van der Waals surface area contributed by atoms with Gasteiger partial charge in [-0.15, -0.1) is 0 Å². The third-order valence-electron chi connectivity index (χ3n) is 6.68. The molecule has 1 saturated heterocycles. The number of rotatable bonds is 14. The fraction of sp³-hybridized carbons (Fsp3) is 0.467. The highest BCUT2D eigenvalue weighted by molar-refractivity contribution is 6.03. The molecule has 0 aromatic heterocycles. The van der Waals surface area contributed by atoms with E-state index in [1.807, 2.05) is 48.5 Å². The summed E-state index contributed by atoms with van der Waals surface area (Å²) >= 11 is 0. The normalized spacial score (nSPS) is 17.0. The molecule has 0 spiro atoms. The van der Waals surface area contributed by atoms with Gasteiger partial charge in [-0.2, -0.15) is 4.99 Å². The van der Waals surface area contributed by atoms with Crippen molar-refractivity contribution in [1.29, 1.82) is 0 Å². The third kappa shape index (κ3) is 9.74. The molecule has 3 N–H and O–H groups in total. The lowest BCUT2D eigenvalue weighted by Gasteiger charge is -2.12. The Balaban J connectivity index is 1.44. The van der Waals surface area contributed by atoms with Crippen LogP contribution < -0.4 is 15.8 Å². The van der Waals surface area contributed by atoms with Gasteiger partial charge in [0.15, 0.2) is 0 Å². The van der Waals surface area contributed by atoms with Gasteiger partial charge in [-0.05, 0) is 36.1 Å². The van der Waals surface area contributed by atoms with Gasteiger partial charge >= 0.3 is 12.1 Å². The molecule has 0 unspecified atom stereocenters. The zero-order valence-corrected chi connectivity index (χ0v) is 22.8. The lowest BCUT2D eigenvalue weighted by Crippen LogP contribution is -2.31. The van der Waals surface area contributed by atoms with Crippen molar-refractivity contribution in [3.63, 3.8) is 0 Å². The predicted octanol–water partition coefficient (Wildman–Crippen LogP) is 5.00. The predicted molar refractivity (Wildman–Crippen MR) is 149 cm³/mol. The molecule has 1 heterocycles. The molecular weight excluding hydrogens is 498 g/mol. The maximum absolute atomic E-state index is 12.0. The second-order valence-electron chi connectivity index (χ2n) is 9.71. The smallest absolute Gasteiger partial charge is 0.435 e. The average molecular weight is 538 g/mol. The number of benzene rings is 2. The lowest BCUT2D eigenvalue weighted by atomic mass is 10.0. The van der Waals surface area contributed by atoms with Gasteiger partial charge in [-0.25, -0.2) is 4.79 Å². The van der Waals surface area contributed by atoms with E-state index in [2.05, 4.69) is 22.0 Å². The molecule has 9 heteroatoms. The lowest BCUT2D eigenvalue weighted by molar-refractivity contribution is -0.143. The summed E-state index contributed by atoms with van der Waals surface area (Å²) in [6, 6.07) is 14.9. The van der Waals surface area contributed by atoms with E-state index < -0.39 is 12.1 Å². The van der Waals surface area contributed by atoms with Crippen molar-refractivity contribution in [2.24, 2.45) is 16.6 Å². The number of aliphatic imine (C=N–C) groups is 1. The standard InChI is InChI=1S/C30H39N3O6/c1-3-4-5-6-7-8-17-38-30(36)33-28(31)23-11-9-21(10-12-23)22-13-15-26(16-14-22)39-20-25-18-24(29(35)32-25)19-27(34)37-2/h9-16,24-25H,3-8,17-20H2,1-2H3,(H,32,35)(H2,31,33,36)/t24-,25-/m0/s1. The molecule has 2 amide bonds. The van der Waals surface area contributed by atoms with Crippen molar-refractivity contribution in [3.05, 3.63) is 54.1 Å². The first-order valence-electron chi connectivity index (χ1n) is 13.6. The number of hydrogen-bond acceptors (Lipinski definition) is 6. The average Bonchev–Trinajstić information content (AvgIpc) is 3.30. The molecule has 2 atom stereocenters. The van der Waals surface area contributed by atoms with Gasteiger partial charge in [-0.3, -0.25) is 9.59 Å². The van der Waals surface area contributed by atoms with Crippen LogP contribution in [0.3, 0.4) is 0 Å². The van der Waals surface area contributed by atoms with Crippen LogP contribution in [0.15, 0.2) is 53.5 Å². The van der Waals surface area contributed by atoms with Crippen molar-refractivity contribution < 1.29 is 28.6 Å². The Labute approximate surface area is 230 Å². The van der Waals surface area contributed by atoms with Crippen LogP contribution in [-0.4, -0.2) is 50.2 Å². The number of hydrogen-bond donors (Lipinski definition) is 2. The number of nitrogens with one attached hydrogen (secondary N) is 1. The second-order valence-corrected chi connectivity index (χ2v) is 9.71. The molecular formula is C30H39N3O6. The highest BCUT2D eigenvalue weighted by Gasteiger charge is 2.34. The summed E-state index contributed by atoms with van der Waals surface area (Å²) in [6.45, 7) is 2.85. The Morgan fingerprint density at radius 3 is 2.28 bits per heavy atom. The summed E-state index contributed by atoms with van der Waals surface area (Å²) in [4.78, 5) is 39.3. The van der Waals surface area contributed by atoms with Gasteiger partial charge < -0.3 is 25.3 Å². The van der Waals surface area contributed by atoms with Gasteiger partial charge in [0.2, 0.25) is 5.91 Å². The number of methoxy groups -OCH3 is 1. The highest BCUT2D eigenvalue weighted by atomic mass is 16.5. The molecule has 3 rings (SSSR count). The van der Waals surface area contributed by atoms with Crippen LogP contribution >= 0.6 is 0 Å². The van der Waals surface area contributed by atoms with E-state index in [9.17, 15) is 14.4 Å². The van der Waals surface area contributed by atoms with E-state index in [1.54, 1.807) is 0 Å². The molecule has 9 nitrogen and oxygen atoms in total. The number of amidine groups is 1. The van der Waals surface area contributed by atoms with Gasteiger partial charge in [0, 0.05) is 5.56 Å². The molecule has 1 aliphatic rings. The van der Waals surface area contributed by atoms with Gasteiger partial charge in [0.05, 0.1) is 32.1 Å². The molecule has 1 aliphatic heterocycles. The maximum Gasteiger partial charge on any atom is 0.435 e. The van der Waals surface area contributed by atoms with E-state index in [1.165, 1.54) is 26.4 Å². The summed E-state index contributed by atoms with van der Waals surface area (Å²) in [7, 11) is 1.31. The van der Waals surface area contributed by atoms with Crippen LogP contribution in [-0.2, 0) is 19.1 Å². The Morgan fingerprint density at radius 1 is 0.974 bits per heavy atom. The van der Waals surface area contributed by atoms with Crippen molar-refractivity contribution in [2.45, 2.75) is 64.3 Å². The summed E-state index contributed by atoms with van der Waals surface area (Å²) in [5.41, 5.74) is 8.60. The van der Waals surface area contributed by atoms with Crippen LogP contribution in [0.5, 0.6) is 5.75 Å². The summed E-state index contributed by atoms with van der Waals surface area (Å²) in [5, 5.41) is 2.87. The van der Waals surface area contributed by atoms with E-state index in [0.717, 1.165) is 30.4 Å². The summed E-state index contributed by atoms with van der Waals surface area (Å²) < 4.78 is 15.7. The minimum absolute atomic E-state index is 0.0766. The number of carbonyl (C=O) groups excluding carboxylic acids is 3. The maximum atomic E-state index is 12.0. The van der Waals surface area contributed by atoms with Crippen LogP contribution in [0.1, 0.15) is 63.9 Å². The number of carbonyl (C=O) groups is 3. The van der Waals surface area contributed by atoms with Crippen molar-refractivity contribution in [2.75, 3.05) is 20.3 Å². The Bertz CT molecular complexity index is 1110. The number of nitrogens with two attached hydrogens (primary N) is 1. The monoisotopic (exact) mass is 537 g/mol. The molecule has 0 aliphatic carbocycles. The van der Waals surface area contributed by atoms with E-state index >= 15 is 0 Å². The number of esters is 1. The van der Waals surface area contributed by atoms with Crippen LogP contribution in [0.4, 0.5) is 4.79 Å². The van der Waals surface area contributed by atoms with E-state index in [-0.39, 0.29) is 30.1 Å². The quantitative estimate of drug-likeness (QED) is 0.150. The Kier molecular flexibility index (Phi) is 11.8. The van der Waals surface area contributed by atoms with Gasteiger partial charge in [0.25, 0.3) is 0 Å². The largest absolute Gasteiger partial charge is 0.491 e. The minimum atomic E-state index is -0.670. The summed E-state index contributed by atoms with van der Waals surface area (Å²) in [5.74, 6) is -0.130. The molecule has 0 saturated carbocycles. The fourth-order valence-corrected chi connectivity index (χ4v) is 4.41. The first kappa shape index (κ1) is 29.7. The topological polar surface area (TPSA) is 129 Å². The SMILES string of the molecule is CCCCCCCCOC(=O)N=C(N)c1ccc(-c2ccc(OC[C@@H]3C[C@@H](CC(=O)OC)C(=O)N3)cc2)cc1. The molecule has 0 radical (unpaired) electrons. The van der Waals surface area contributed by atoms with E-state index in [0.29, 0.717) is 30.9 Å². The van der Waals surface area contributed by atoms with Gasteiger partial charge in [0.1, 0.15) is 18.2 Å². The minimum Gasteiger partial charge on any atom is -0.491 e. The molecule has 39 heavy (non-hydrogen) atoms. The van der Waals surface area contributed by atoms with Crippen molar-refractivity contribution >= 4 is 23.8 Å². The number of ether oxygens (including phenoxy) is 3. The number of unbranched alkanes of at least 4 members (excludes halogenated alkanes) is 5. The molecule has 2 aromatic carbocycles. The molecule has 1 fully saturated rings. The Hall–Kier alpha value is -3.88.